The third-order valence-electron chi connectivity index (χ3n) is 5.13. The number of carbonyl (C=O) groups excluding carboxylic acids is 3. The van der Waals surface area contributed by atoms with E-state index in [9.17, 15) is 14.4 Å². The van der Waals surface area contributed by atoms with Gasteiger partial charge in [0.2, 0.25) is 5.91 Å². The van der Waals surface area contributed by atoms with Crippen LogP contribution in [0.3, 0.4) is 0 Å². The number of aryl methyl sites for hydroxylation is 2. The standard InChI is InChI=1S/C23H27N3O3.ClH/c24-13-14-25-23(29)19-7-3-4-8-20(19)26-22(28)12-11-21(27)18-10-9-16-5-1-2-6-17(16)15-18;/h3-4,7-10,15H,1-2,5-6,11-14,24H2,(H,25,29)(H,26,28);1H. The summed E-state index contributed by atoms with van der Waals surface area (Å²) < 4.78 is 0. The number of Topliss-reactive ketones (excluding diaryl/α,β-unsaturated/α-hetero) is 1. The fourth-order valence-electron chi connectivity index (χ4n) is 3.56. The lowest BCUT2D eigenvalue weighted by Crippen LogP contribution is -2.30. The molecule has 0 spiro atoms. The van der Waals surface area contributed by atoms with E-state index in [1.54, 1.807) is 24.3 Å². The monoisotopic (exact) mass is 429 g/mol. The van der Waals surface area contributed by atoms with Crippen LogP contribution in [0.2, 0.25) is 0 Å². The normalized spacial score (nSPS) is 12.3. The Bertz CT molecular complexity index is 914. The third-order valence-corrected chi connectivity index (χ3v) is 5.13. The van der Waals surface area contributed by atoms with Gasteiger partial charge in [-0.2, -0.15) is 0 Å². The van der Waals surface area contributed by atoms with Crippen molar-refractivity contribution in [2.45, 2.75) is 38.5 Å². The molecule has 0 aromatic heterocycles. The van der Waals surface area contributed by atoms with Crippen molar-refractivity contribution in [3.8, 4) is 0 Å². The molecule has 4 N–H and O–H groups in total. The smallest absolute Gasteiger partial charge is 0.253 e. The molecule has 0 unspecified atom stereocenters. The summed E-state index contributed by atoms with van der Waals surface area (Å²) in [5.41, 5.74) is 9.45. The number of nitrogens with one attached hydrogen (secondary N) is 2. The van der Waals surface area contributed by atoms with Crippen molar-refractivity contribution < 1.29 is 14.4 Å². The number of anilines is 1. The second-order valence-electron chi connectivity index (χ2n) is 7.25. The fraction of sp³-hybridized carbons (Fsp3) is 0.348. The van der Waals surface area contributed by atoms with Gasteiger partial charge in [0.15, 0.2) is 5.78 Å². The summed E-state index contributed by atoms with van der Waals surface area (Å²) in [6, 6.07) is 12.7. The number of benzene rings is 2. The molecule has 3 rings (SSSR count). The van der Waals surface area contributed by atoms with E-state index in [0.29, 0.717) is 29.9 Å². The lowest BCUT2D eigenvalue weighted by Gasteiger charge is -2.16. The second kappa shape index (κ2) is 11.5. The Morgan fingerprint density at radius 3 is 2.43 bits per heavy atom. The van der Waals surface area contributed by atoms with E-state index in [1.165, 1.54) is 17.5 Å². The van der Waals surface area contributed by atoms with Gasteiger partial charge in [0.05, 0.1) is 11.3 Å². The molecular formula is C23H28ClN3O3. The minimum absolute atomic E-state index is 0. The summed E-state index contributed by atoms with van der Waals surface area (Å²) >= 11 is 0. The highest BCUT2D eigenvalue weighted by atomic mass is 35.5. The largest absolute Gasteiger partial charge is 0.351 e. The van der Waals surface area contributed by atoms with E-state index in [4.69, 9.17) is 5.73 Å². The molecule has 0 saturated carbocycles. The topological polar surface area (TPSA) is 101 Å². The quantitative estimate of drug-likeness (QED) is 0.560. The lowest BCUT2D eigenvalue weighted by atomic mass is 9.89. The van der Waals surface area contributed by atoms with Crippen molar-refractivity contribution >= 4 is 35.7 Å². The summed E-state index contributed by atoms with van der Waals surface area (Å²) in [7, 11) is 0. The third kappa shape index (κ3) is 6.15. The first kappa shape index (κ1) is 23.6. The predicted molar refractivity (Wildman–Crippen MR) is 120 cm³/mol. The van der Waals surface area contributed by atoms with Crippen molar-refractivity contribution in [1.29, 1.82) is 0 Å². The maximum Gasteiger partial charge on any atom is 0.253 e. The Morgan fingerprint density at radius 2 is 1.67 bits per heavy atom. The van der Waals surface area contributed by atoms with Gasteiger partial charge >= 0.3 is 0 Å². The highest BCUT2D eigenvalue weighted by molar-refractivity contribution is 6.05. The van der Waals surface area contributed by atoms with Crippen LogP contribution in [0.15, 0.2) is 42.5 Å². The number of hydrogen-bond donors (Lipinski definition) is 3. The van der Waals surface area contributed by atoms with E-state index in [-0.39, 0.29) is 42.8 Å². The van der Waals surface area contributed by atoms with Gasteiger partial charge in [0.1, 0.15) is 0 Å². The molecule has 2 aromatic rings. The van der Waals surface area contributed by atoms with Gasteiger partial charge in [0.25, 0.3) is 5.91 Å². The average Bonchev–Trinajstić information content (AvgIpc) is 2.75. The molecule has 0 saturated heterocycles. The van der Waals surface area contributed by atoms with Crippen molar-refractivity contribution in [3.63, 3.8) is 0 Å². The summed E-state index contributed by atoms with van der Waals surface area (Å²) in [5, 5.41) is 5.43. The predicted octanol–water partition coefficient (Wildman–Crippen LogP) is 3.28. The van der Waals surface area contributed by atoms with E-state index in [2.05, 4.69) is 10.6 Å². The van der Waals surface area contributed by atoms with E-state index in [1.807, 2.05) is 18.2 Å². The van der Waals surface area contributed by atoms with Crippen LogP contribution >= 0.6 is 12.4 Å². The minimum Gasteiger partial charge on any atom is -0.351 e. The summed E-state index contributed by atoms with van der Waals surface area (Å²) in [4.78, 5) is 37.1. The van der Waals surface area contributed by atoms with Crippen LogP contribution in [0, 0.1) is 0 Å². The van der Waals surface area contributed by atoms with Gasteiger partial charge in [-0.1, -0.05) is 24.3 Å². The molecule has 0 bridgehead atoms. The molecule has 2 aromatic carbocycles. The van der Waals surface area contributed by atoms with Gasteiger partial charge in [0, 0.05) is 31.5 Å². The van der Waals surface area contributed by atoms with Crippen LogP contribution in [0.5, 0.6) is 0 Å². The highest BCUT2D eigenvalue weighted by Crippen LogP contribution is 2.23. The summed E-state index contributed by atoms with van der Waals surface area (Å²) in [6.07, 6.45) is 4.64. The first-order chi connectivity index (χ1) is 14.1. The molecule has 6 nitrogen and oxygen atoms in total. The fourth-order valence-corrected chi connectivity index (χ4v) is 3.56. The zero-order chi connectivity index (χ0) is 20.6. The van der Waals surface area contributed by atoms with Crippen LogP contribution in [0.25, 0.3) is 0 Å². The van der Waals surface area contributed by atoms with Crippen LogP contribution in [-0.4, -0.2) is 30.7 Å². The number of rotatable bonds is 8. The molecule has 0 atom stereocenters. The molecule has 7 heteroatoms. The maximum atomic E-state index is 12.5. The van der Waals surface area contributed by atoms with Gasteiger partial charge in [-0.15, -0.1) is 12.4 Å². The number of amides is 2. The number of nitrogens with two attached hydrogens (primary N) is 1. The van der Waals surface area contributed by atoms with Crippen LogP contribution in [0.4, 0.5) is 5.69 Å². The average molecular weight is 430 g/mol. The Labute approximate surface area is 183 Å². The second-order valence-corrected chi connectivity index (χ2v) is 7.25. The number of ketones is 1. The minimum atomic E-state index is -0.296. The van der Waals surface area contributed by atoms with Crippen molar-refractivity contribution in [2.75, 3.05) is 18.4 Å². The van der Waals surface area contributed by atoms with Crippen LogP contribution in [0.1, 0.15) is 57.5 Å². The van der Waals surface area contributed by atoms with Gasteiger partial charge < -0.3 is 16.4 Å². The molecular weight excluding hydrogens is 402 g/mol. The summed E-state index contributed by atoms with van der Waals surface area (Å²) in [5.74, 6) is -0.630. The first-order valence-electron chi connectivity index (χ1n) is 10.1. The molecule has 1 aliphatic rings. The van der Waals surface area contributed by atoms with Crippen molar-refractivity contribution in [3.05, 3.63) is 64.7 Å². The lowest BCUT2D eigenvalue weighted by molar-refractivity contribution is -0.116. The molecule has 160 valence electrons. The van der Waals surface area contributed by atoms with Crippen molar-refractivity contribution in [1.82, 2.24) is 5.32 Å². The molecule has 30 heavy (non-hydrogen) atoms. The number of hydrogen-bond acceptors (Lipinski definition) is 4. The van der Waals surface area contributed by atoms with Crippen LogP contribution < -0.4 is 16.4 Å². The van der Waals surface area contributed by atoms with E-state index >= 15 is 0 Å². The zero-order valence-corrected chi connectivity index (χ0v) is 17.7. The maximum absolute atomic E-state index is 12.5. The number of para-hydroxylation sites is 1. The SMILES string of the molecule is Cl.NCCNC(=O)c1ccccc1NC(=O)CCC(=O)c1ccc2c(c1)CCCC2. The molecule has 2 amide bonds. The Hall–Kier alpha value is -2.70. The number of carbonyl (C=O) groups is 3. The Balaban J connectivity index is 0.00000320. The first-order valence-corrected chi connectivity index (χ1v) is 10.1. The Morgan fingerprint density at radius 1 is 0.933 bits per heavy atom. The number of fused-ring (bicyclic) bond motifs is 1. The van der Waals surface area contributed by atoms with Crippen molar-refractivity contribution in [2.24, 2.45) is 5.73 Å². The zero-order valence-electron chi connectivity index (χ0n) is 16.9. The number of halogens is 1. The van der Waals surface area contributed by atoms with Gasteiger partial charge in [-0.05, 0) is 55.0 Å². The van der Waals surface area contributed by atoms with Gasteiger partial charge in [-0.25, -0.2) is 0 Å². The Kier molecular flexibility index (Phi) is 9.02. The summed E-state index contributed by atoms with van der Waals surface area (Å²) in [6.45, 7) is 0.696. The molecule has 0 fully saturated rings. The highest BCUT2D eigenvalue weighted by Gasteiger charge is 2.16. The molecule has 0 heterocycles. The molecule has 0 radical (unpaired) electrons. The molecule has 1 aliphatic carbocycles. The molecule has 0 aliphatic heterocycles. The van der Waals surface area contributed by atoms with Crippen LogP contribution in [-0.2, 0) is 17.6 Å². The van der Waals surface area contributed by atoms with E-state index < -0.39 is 0 Å². The van der Waals surface area contributed by atoms with E-state index in [0.717, 1.165) is 19.3 Å². The van der Waals surface area contributed by atoms with Gasteiger partial charge in [-0.3, -0.25) is 14.4 Å².